The first-order chi connectivity index (χ1) is 8.43. The zero-order chi connectivity index (χ0) is 13.4. The molecule has 0 saturated carbocycles. The van der Waals surface area contributed by atoms with E-state index in [9.17, 15) is 0 Å². The molecule has 0 radical (unpaired) electrons. The summed E-state index contributed by atoms with van der Waals surface area (Å²) in [5.74, 6) is 0. The molecule has 0 aliphatic rings. The molecule has 0 bridgehead atoms. The lowest BCUT2D eigenvalue weighted by Crippen LogP contribution is -2.04. The van der Waals surface area contributed by atoms with Crippen LogP contribution in [0.1, 0.15) is 22.4 Å². The highest BCUT2D eigenvalue weighted by Gasteiger charge is 2.15. The normalized spacial score (nSPS) is 10.7. The van der Waals surface area contributed by atoms with E-state index in [1.54, 1.807) is 12.3 Å². The molecule has 94 valence electrons. The summed E-state index contributed by atoms with van der Waals surface area (Å²) in [6.45, 7) is 7.85. The van der Waals surface area contributed by atoms with Crippen molar-refractivity contribution in [3.8, 4) is 11.4 Å². The van der Waals surface area contributed by atoms with Gasteiger partial charge in [-0.3, -0.25) is 9.97 Å². The van der Waals surface area contributed by atoms with Crippen molar-refractivity contribution < 1.29 is 0 Å². The maximum atomic E-state index is 6.11. The van der Waals surface area contributed by atoms with Crippen molar-refractivity contribution in [2.45, 2.75) is 27.7 Å². The summed E-state index contributed by atoms with van der Waals surface area (Å²) in [5, 5.41) is 0. The van der Waals surface area contributed by atoms with Crippen LogP contribution in [0.15, 0.2) is 12.3 Å². The number of pyridine rings is 2. The van der Waals surface area contributed by atoms with Crippen molar-refractivity contribution in [1.29, 1.82) is 0 Å². The fourth-order valence-electron chi connectivity index (χ4n) is 1.96. The van der Waals surface area contributed by atoms with Crippen LogP contribution < -0.4 is 11.5 Å². The van der Waals surface area contributed by atoms with Crippen molar-refractivity contribution in [2.75, 3.05) is 11.5 Å². The van der Waals surface area contributed by atoms with Gasteiger partial charge in [0.15, 0.2) is 0 Å². The molecule has 2 rings (SSSR count). The zero-order valence-electron chi connectivity index (χ0n) is 11.2. The van der Waals surface area contributed by atoms with E-state index in [0.29, 0.717) is 0 Å². The van der Waals surface area contributed by atoms with Gasteiger partial charge in [-0.15, -0.1) is 0 Å². The van der Waals surface area contributed by atoms with Crippen LogP contribution in [0, 0.1) is 27.7 Å². The third-order valence-corrected chi connectivity index (χ3v) is 3.46. The van der Waals surface area contributed by atoms with Gasteiger partial charge >= 0.3 is 0 Å². The van der Waals surface area contributed by atoms with E-state index in [1.165, 1.54) is 0 Å². The van der Waals surface area contributed by atoms with E-state index in [2.05, 4.69) is 9.97 Å². The summed E-state index contributed by atoms with van der Waals surface area (Å²) in [6.07, 6.45) is 1.70. The van der Waals surface area contributed by atoms with Crippen molar-refractivity contribution >= 4 is 11.4 Å². The summed E-state index contributed by atoms with van der Waals surface area (Å²) in [7, 11) is 0. The van der Waals surface area contributed by atoms with E-state index in [4.69, 9.17) is 11.5 Å². The Kier molecular flexibility index (Phi) is 2.95. The monoisotopic (exact) mass is 242 g/mol. The van der Waals surface area contributed by atoms with Crippen LogP contribution in [-0.4, -0.2) is 9.97 Å². The van der Waals surface area contributed by atoms with Gasteiger partial charge in [-0.05, 0) is 44.9 Å². The average Bonchev–Trinajstić information content (AvgIpc) is 2.35. The summed E-state index contributed by atoms with van der Waals surface area (Å²) in [5.41, 5.74) is 19.0. The molecule has 2 heterocycles. The zero-order valence-corrected chi connectivity index (χ0v) is 11.2. The largest absolute Gasteiger partial charge is 0.398 e. The Hall–Kier alpha value is -2.10. The van der Waals surface area contributed by atoms with Gasteiger partial charge in [0.25, 0.3) is 0 Å². The number of nitrogens with two attached hydrogens (primary N) is 2. The number of nitrogen functional groups attached to an aromatic ring is 2. The molecule has 0 spiro atoms. The van der Waals surface area contributed by atoms with Crippen LogP contribution in [0.5, 0.6) is 0 Å². The predicted octanol–water partition coefficient (Wildman–Crippen LogP) is 2.54. The fraction of sp³-hybridized carbons (Fsp3) is 0.286. The second-order valence-corrected chi connectivity index (χ2v) is 4.58. The Labute approximate surface area is 107 Å². The van der Waals surface area contributed by atoms with Gasteiger partial charge < -0.3 is 11.5 Å². The van der Waals surface area contributed by atoms with E-state index in [1.807, 2.05) is 27.7 Å². The molecule has 4 nitrogen and oxygen atoms in total. The molecule has 0 aliphatic carbocycles. The number of rotatable bonds is 1. The number of anilines is 2. The Morgan fingerprint density at radius 1 is 0.889 bits per heavy atom. The Morgan fingerprint density at radius 3 is 2.22 bits per heavy atom. The molecule has 18 heavy (non-hydrogen) atoms. The molecular formula is C14H18N4. The first kappa shape index (κ1) is 12.4. The summed E-state index contributed by atoms with van der Waals surface area (Å²) >= 11 is 0. The van der Waals surface area contributed by atoms with E-state index < -0.39 is 0 Å². The van der Waals surface area contributed by atoms with Crippen molar-refractivity contribution in [3.63, 3.8) is 0 Å². The molecule has 0 saturated heterocycles. The van der Waals surface area contributed by atoms with Crippen molar-refractivity contribution in [1.82, 2.24) is 9.97 Å². The van der Waals surface area contributed by atoms with E-state index in [-0.39, 0.29) is 0 Å². The Morgan fingerprint density at radius 2 is 1.56 bits per heavy atom. The molecule has 2 aromatic heterocycles. The second-order valence-electron chi connectivity index (χ2n) is 4.58. The maximum Gasteiger partial charge on any atom is 0.0942 e. The second kappa shape index (κ2) is 4.29. The topological polar surface area (TPSA) is 77.8 Å². The van der Waals surface area contributed by atoms with Gasteiger partial charge in [0.05, 0.1) is 11.4 Å². The van der Waals surface area contributed by atoms with Crippen molar-refractivity contribution in [2.24, 2.45) is 0 Å². The lowest BCUT2D eigenvalue weighted by Gasteiger charge is -2.14. The van der Waals surface area contributed by atoms with Gasteiger partial charge in [-0.2, -0.15) is 0 Å². The van der Waals surface area contributed by atoms with Gasteiger partial charge in [0, 0.05) is 28.8 Å². The molecule has 0 fully saturated rings. The number of nitrogens with zero attached hydrogens (tertiary/aromatic N) is 2. The Bertz CT molecular complexity index is 618. The van der Waals surface area contributed by atoms with Crippen LogP contribution in [0.25, 0.3) is 11.4 Å². The summed E-state index contributed by atoms with van der Waals surface area (Å²) in [4.78, 5) is 8.99. The molecule has 2 aromatic rings. The summed E-state index contributed by atoms with van der Waals surface area (Å²) in [6, 6.07) is 1.79. The van der Waals surface area contributed by atoms with Crippen LogP contribution in [-0.2, 0) is 0 Å². The molecule has 0 atom stereocenters. The van der Waals surface area contributed by atoms with E-state index in [0.717, 1.165) is 45.1 Å². The highest BCUT2D eigenvalue weighted by molar-refractivity contribution is 5.73. The molecular weight excluding hydrogens is 224 g/mol. The number of aryl methyl sites for hydroxylation is 1. The Balaban J connectivity index is 2.76. The van der Waals surface area contributed by atoms with E-state index >= 15 is 0 Å². The van der Waals surface area contributed by atoms with Crippen LogP contribution >= 0.6 is 0 Å². The van der Waals surface area contributed by atoms with Crippen molar-refractivity contribution in [3.05, 3.63) is 34.6 Å². The average molecular weight is 242 g/mol. The third kappa shape index (κ3) is 1.79. The number of aromatic nitrogens is 2. The molecule has 0 aromatic carbocycles. The minimum absolute atomic E-state index is 0.720. The predicted molar refractivity (Wildman–Crippen MR) is 75.2 cm³/mol. The fourth-order valence-corrected chi connectivity index (χ4v) is 1.96. The van der Waals surface area contributed by atoms with Crippen LogP contribution in [0.4, 0.5) is 11.4 Å². The quantitative estimate of drug-likeness (QED) is 0.805. The lowest BCUT2D eigenvalue weighted by atomic mass is 10.0. The molecule has 0 amide bonds. The van der Waals surface area contributed by atoms with Gasteiger partial charge in [-0.1, -0.05) is 0 Å². The summed E-state index contributed by atoms with van der Waals surface area (Å²) < 4.78 is 0. The SMILES string of the molecule is Cc1nc(-c2nccc(N)c2C)c(C)c(N)c1C. The highest BCUT2D eigenvalue weighted by atomic mass is 14.8. The first-order valence-corrected chi connectivity index (χ1v) is 5.88. The van der Waals surface area contributed by atoms with Gasteiger partial charge in [-0.25, -0.2) is 0 Å². The third-order valence-electron chi connectivity index (χ3n) is 3.46. The number of hydrogen-bond acceptors (Lipinski definition) is 4. The van der Waals surface area contributed by atoms with Gasteiger partial charge in [0.2, 0.25) is 0 Å². The first-order valence-electron chi connectivity index (χ1n) is 5.88. The van der Waals surface area contributed by atoms with Crippen LogP contribution in [0.2, 0.25) is 0 Å². The molecule has 0 unspecified atom stereocenters. The number of hydrogen-bond donors (Lipinski definition) is 2. The van der Waals surface area contributed by atoms with Crippen LogP contribution in [0.3, 0.4) is 0 Å². The molecule has 4 N–H and O–H groups in total. The lowest BCUT2D eigenvalue weighted by molar-refractivity contribution is 1.11. The minimum Gasteiger partial charge on any atom is -0.398 e. The standard InChI is InChI=1S/C14H18N4/c1-7-10(4)18-14(9(3)12(7)16)13-8(2)11(15)5-6-17-13/h5-6H,1-4H3,(H2,15,17)(H2,16,18). The van der Waals surface area contributed by atoms with Gasteiger partial charge in [0.1, 0.15) is 0 Å². The molecule has 4 heteroatoms. The highest BCUT2D eigenvalue weighted by Crippen LogP contribution is 2.30. The smallest absolute Gasteiger partial charge is 0.0942 e. The maximum absolute atomic E-state index is 6.11. The minimum atomic E-state index is 0.720. The molecule has 0 aliphatic heterocycles.